The first-order valence-electron chi connectivity index (χ1n) is 13.5. The number of amides is 1. The van der Waals surface area contributed by atoms with E-state index in [1.165, 1.54) is 0 Å². The zero-order valence-electron chi connectivity index (χ0n) is 22.4. The van der Waals surface area contributed by atoms with E-state index in [2.05, 4.69) is 22.2 Å². The number of hydrogen-bond donors (Lipinski definition) is 1. The van der Waals surface area contributed by atoms with E-state index in [-0.39, 0.29) is 19.0 Å². The molecule has 0 spiro atoms. The molecule has 1 aliphatic carbocycles. The van der Waals surface area contributed by atoms with E-state index in [0.717, 1.165) is 53.5 Å². The van der Waals surface area contributed by atoms with Crippen molar-refractivity contribution in [3.05, 3.63) is 64.8 Å². The van der Waals surface area contributed by atoms with Gasteiger partial charge in [-0.3, -0.25) is 14.7 Å². The second-order valence-electron chi connectivity index (χ2n) is 11.4. The van der Waals surface area contributed by atoms with Crippen LogP contribution in [-0.2, 0) is 5.54 Å². The molecule has 0 radical (unpaired) electrons. The van der Waals surface area contributed by atoms with Crippen molar-refractivity contribution in [1.82, 2.24) is 15.2 Å². The Labute approximate surface area is 226 Å². The van der Waals surface area contributed by atoms with Crippen molar-refractivity contribution in [2.75, 3.05) is 38.2 Å². The van der Waals surface area contributed by atoms with E-state index in [4.69, 9.17) is 4.74 Å². The summed E-state index contributed by atoms with van der Waals surface area (Å²) in [6.07, 6.45) is -1.59. The van der Waals surface area contributed by atoms with Gasteiger partial charge in [-0.1, -0.05) is 12.1 Å². The van der Waals surface area contributed by atoms with Crippen LogP contribution in [-0.4, -0.2) is 61.3 Å². The largest absolute Gasteiger partial charge is 0.492 e. The number of nitrogens with one attached hydrogen (secondary N) is 1. The van der Waals surface area contributed by atoms with Crippen LogP contribution in [0.2, 0.25) is 0 Å². The molecule has 3 fully saturated rings. The van der Waals surface area contributed by atoms with Crippen molar-refractivity contribution in [3.8, 4) is 5.75 Å². The maximum absolute atomic E-state index is 13.6. The third-order valence-electron chi connectivity index (χ3n) is 8.59. The third kappa shape index (κ3) is 4.93. The molecule has 6 nitrogen and oxygen atoms in total. The van der Waals surface area contributed by atoms with Crippen LogP contribution < -0.4 is 15.0 Å². The number of hydrogen-bond acceptors (Lipinski definition) is 5. The number of benzene rings is 2. The predicted octanol–water partition coefficient (Wildman–Crippen LogP) is 5.35. The van der Waals surface area contributed by atoms with Gasteiger partial charge >= 0.3 is 6.18 Å². The lowest BCUT2D eigenvalue weighted by Gasteiger charge is -2.42. The molecular formula is C30H33F3N4O2. The van der Waals surface area contributed by atoms with Gasteiger partial charge in [-0.05, 0) is 88.2 Å². The van der Waals surface area contributed by atoms with Crippen molar-refractivity contribution < 1.29 is 22.7 Å². The van der Waals surface area contributed by atoms with E-state index in [1.807, 2.05) is 50.2 Å². The lowest BCUT2D eigenvalue weighted by atomic mass is 9.94. The summed E-state index contributed by atoms with van der Waals surface area (Å²) in [7, 11) is 2.08. The Morgan fingerprint density at radius 2 is 1.90 bits per heavy atom. The Morgan fingerprint density at radius 3 is 2.54 bits per heavy atom. The van der Waals surface area contributed by atoms with Gasteiger partial charge in [-0.2, -0.15) is 13.2 Å². The number of nitrogens with zero attached hydrogens (tertiary/aromatic N) is 3. The summed E-state index contributed by atoms with van der Waals surface area (Å²) in [5.74, 6) is -0.838. The number of carbonyl (C=O) groups excluding carboxylic acids is 1. The van der Waals surface area contributed by atoms with Crippen molar-refractivity contribution in [1.29, 1.82) is 0 Å². The number of pyridine rings is 1. The second-order valence-corrected chi connectivity index (χ2v) is 11.4. The average molecular weight is 539 g/mol. The SMILES string of the molecule is Cc1ccc2c(C3(NC(=O)c4cc(OCC5CCN5C)ccc4C)CC3)cc(N3CC(C(F)(F)F)C3)cc2n1. The summed E-state index contributed by atoms with van der Waals surface area (Å²) in [4.78, 5) is 22.3. The lowest BCUT2D eigenvalue weighted by Crippen LogP contribution is -2.53. The normalized spacial score (nSPS) is 20.9. The molecule has 39 heavy (non-hydrogen) atoms. The Bertz CT molecular complexity index is 1430. The number of aromatic nitrogens is 1. The van der Waals surface area contributed by atoms with Crippen LogP contribution in [0.5, 0.6) is 5.75 Å². The number of alkyl halides is 3. The third-order valence-corrected chi connectivity index (χ3v) is 8.59. The Morgan fingerprint density at radius 1 is 1.13 bits per heavy atom. The summed E-state index contributed by atoms with van der Waals surface area (Å²) in [6, 6.07) is 13.7. The number of halogens is 3. The van der Waals surface area contributed by atoms with Gasteiger partial charge in [-0.25, -0.2) is 0 Å². The average Bonchev–Trinajstić information content (AvgIpc) is 3.61. The zero-order valence-corrected chi connectivity index (χ0v) is 22.4. The molecule has 3 heterocycles. The number of likely N-dealkylation sites (N-methyl/N-ethyl adjacent to an activating group) is 1. The number of carbonyl (C=O) groups is 1. The molecule has 1 unspecified atom stereocenters. The van der Waals surface area contributed by atoms with Crippen LogP contribution in [0, 0.1) is 19.8 Å². The molecule has 2 aliphatic heterocycles. The Kier molecular flexibility index (Phi) is 6.25. The molecule has 3 aliphatic rings. The first kappa shape index (κ1) is 25.9. The number of anilines is 1. The van der Waals surface area contributed by atoms with Gasteiger partial charge in [0.1, 0.15) is 12.4 Å². The molecule has 3 aromatic rings. The lowest BCUT2D eigenvalue weighted by molar-refractivity contribution is -0.180. The topological polar surface area (TPSA) is 57.7 Å². The van der Waals surface area contributed by atoms with Crippen LogP contribution in [0.1, 0.15) is 46.4 Å². The minimum atomic E-state index is -4.19. The Hall–Kier alpha value is -3.33. The van der Waals surface area contributed by atoms with Gasteiger partial charge < -0.3 is 15.0 Å². The van der Waals surface area contributed by atoms with Gasteiger partial charge in [0, 0.05) is 41.5 Å². The fourth-order valence-corrected chi connectivity index (χ4v) is 5.58. The molecule has 2 saturated heterocycles. The van der Waals surface area contributed by atoms with Gasteiger partial charge in [0.25, 0.3) is 5.91 Å². The maximum atomic E-state index is 13.6. The van der Waals surface area contributed by atoms with E-state index >= 15 is 0 Å². The number of fused-ring (bicyclic) bond motifs is 1. The Balaban J connectivity index is 1.26. The van der Waals surface area contributed by atoms with E-state index in [1.54, 1.807) is 11.0 Å². The fraction of sp³-hybridized carbons (Fsp3) is 0.467. The summed E-state index contributed by atoms with van der Waals surface area (Å²) in [5, 5.41) is 4.19. The highest BCUT2D eigenvalue weighted by Gasteiger charge is 2.49. The standard InChI is InChI=1S/C30H33F3N4O2/c1-18-4-6-23(39-17-21-8-11-36(21)3)14-25(18)28(38)35-29(9-10-29)26-12-22(37-15-20(16-37)30(31,32)33)13-27-24(26)7-5-19(2)34-27/h4-7,12-14,20-21H,8-11,15-17H2,1-3H3,(H,35,38). The quantitative estimate of drug-likeness (QED) is 0.440. The molecular weight excluding hydrogens is 505 g/mol. The highest BCUT2D eigenvalue weighted by Crippen LogP contribution is 2.50. The highest BCUT2D eigenvalue weighted by molar-refractivity contribution is 5.98. The molecule has 2 aromatic carbocycles. The molecule has 9 heteroatoms. The highest BCUT2D eigenvalue weighted by atomic mass is 19.4. The summed E-state index contributed by atoms with van der Waals surface area (Å²) in [6.45, 7) is 5.32. The summed E-state index contributed by atoms with van der Waals surface area (Å²) >= 11 is 0. The number of ether oxygens (including phenoxy) is 1. The predicted molar refractivity (Wildman–Crippen MR) is 144 cm³/mol. The maximum Gasteiger partial charge on any atom is 0.395 e. The van der Waals surface area contributed by atoms with Gasteiger partial charge in [0.2, 0.25) is 0 Å². The first-order chi connectivity index (χ1) is 18.5. The molecule has 0 bridgehead atoms. The van der Waals surface area contributed by atoms with Crippen molar-refractivity contribution >= 4 is 22.5 Å². The molecule has 1 atom stereocenters. The number of likely N-dealkylation sites (tertiary alicyclic amines) is 1. The molecule has 1 amide bonds. The molecule has 6 rings (SSSR count). The summed E-state index contributed by atoms with van der Waals surface area (Å²) < 4.78 is 45.5. The van der Waals surface area contributed by atoms with Crippen LogP contribution in [0.25, 0.3) is 10.9 Å². The van der Waals surface area contributed by atoms with Gasteiger partial charge in [-0.15, -0.1) is 0 Å². The minimum absolute atomic E-state index is 0.0672. The van der Waals surface area contributed by atoms with E-state index < -0.39 is 17.6 Å². The minimum Gasteiger partial charge on any atom is -0.492 e. The first-order valence-corrected chi connectivity index (χ1v) is 13.5. The zero-order chi connectivity index (χ0) is 27.5. The van der Waals surface area contributed by atoms with Gasteiger partial charge in [0.15, 0.2) is 0 Å². The van der Waals surface area contributed by atoms with Crippen molar-refractivity contribution in [3.63, 3.8) is 0 Å². The molecule has 206 valence electrons. The van der Waals surface area contributed by atoms with Crippen LogP contribution >= 0.6 is 0 Å². The smallest absolute Gasteiger partial charge is 0.395 e. The fourth-order valence-electron chi connectivity index (χ4n) is 5.58. The van der Waals surface area contributed by atoms with E-state index in [9.17, 15) is 18.0 Å². The molecule has 1 N–H and O–H groups in total. The number of rotatable bonds is 7. The van der Waals surface area contributed by atoms with Crippen LogP contribution in [0.3, 0.4) is 0 Å². The van der Waals surface area contributed by atoms with Gasteiger partial charge in [0.05, 0.1) is 17.0 Å². The molecule has 1 saturated carbocycles. The van der Waals surface area contributed by atoms with Crippen molar-refractivity contribution in [2.45, 2.75) is 50.9 Å². The summed E-state index contributed by atoms with van der Waals surface area (Å²) in [5.41, 5.74) is 4.00. The van der Waals surface area contributed by atoms with Crippen LogP contribution in [0.4, 0.5) is 18.9 Å². The van der Waals surface area contributed by atoms with E-state index in [0.29, 0.717) is 29.6 Å². The molecule has 1 aromatic heterocycles. The van der Waals surface area contributed by atoms with Crippen molar-refractivity contribution in [2.24, 2.45) is 5.92 Å². The monoisotopic (exact) mass is 538 g/mol. The number of aryl methyl sites for hydroxylation is 2. The van der Waals surface area contributed by atoms with Crippen LogP contribution in [0.15, 0.2) is 42.5 Å². The second kappa shape index (κ2) is 9.40.